The molecule has 0 N–H and O–H groups in total. The number of imidazole rings is 1. The Bertz CT molecular complexity index is 1240. The monoisotopic (exact) mass is 425 g/mol. The molecule has 0 saturated carbocycles. The number of anilines is 1. The Balaban J connectivity index is 1.41. The highest BCUT2D eigenvalue weighted by Crippen LogP contribution is 2.27. The van der Waals surface area contributed by atoms with Crippen molar-refractivity contribution < 1.29 is 9.53 Å². The molecule has 5 heteroatoms. The summed E-state index contributed by atoms with van der Waals surface area (Å²) in [4.78, 5) is 20.1. The fourth-order valence-electron chi connectivity index (χ4n) is 4.39. The molecule has 0 aliphatic carbocycles. The zero-order chi connectivity index (χ0) is 21.9. The molecule has 0 saturated heterocycles. The number of para-hydroxylation sites is 3. The van der Waals surface area contributed by atoms with Crippen LogP contribution in [0, 0.1) is 0 Å². The van der Waals surface area contributed by atoms with Gasteiger partial charge >= 0.3 is 0 Å². The van der Waals surface area contributed by atoms with Crippen molar-refractivity contribution in [3.63, 3.8) is 0 Å². The predicted octanol–water partition coefficient (Wildman–Crippen LogP) is 5.16. The van der Waals surface area contributed by atoms with Gasteiger partial charge in [-0.25, -0.2) is 4.98 Å². The number of aromatic nitrogens is 2. The Hall–Kier alpha value is -3.60. The average molecular weight is 426 g/mol. The first-order valence-corrected chi connectivity index (χ1v) is 11.3. The summed E-state index contributed by atoms with van der Waals surface area (Å²) >= 11 is 0. The topological polar surface area (TPSA) is 47.4 Å². The van der Waals surface area contributed by atoms with Crippen LogP contribution in [0.2, 0.25) is 0 Å². The molecule has 5 rings (SSSR count). The van der Waals surface area contributed by atoms with Gasteiger partial charge in [-0.1, -0.05) is 49.4 Å². The summed E-state index contributed by atoms with van der Waals surface area (Å²) in [7, 11) is 0. The lowest BCUT2D eigenvalue weighted by Gasteiger charge is -2.29. The van der Waals surface area contributed by atoms with E-state index in [1.165, 1.54) is 11.1 Å². The first-order chi connectivity index (χ1) is 15.7. The molecule has 1 aliphatic heterocycles. The van der Waals surface area contributed by atoms with Gasteiger partial charge in [-0.05, 0) is 60.7 Å². The molecular weight excluding hydrogens is 398 g/mol. The number of fused-ring (bicyclic) bond motifs is 2. The number of hydrogen-bond donors (Lipinski definition) is 0. The van der Waals surface area contributed by atoms with Crippen LogP contribution in [0.3, 0.4) is 0 Å². The number of aryl methyl sites for hydroxylation is 2. The van der Waals surface area contributed by atoms with Crippen LogP contribution in [0.5, 0.6) is 5.75 Å². The van der Waals surface area contributed by atoms with E-state index in [1.807, 2.05) is 64.1 Å². The van der Waals surface area contributed by atoms with Gasteiger partial charge in [0.1, 0.15) is 24.7 Å². The van der Waals surface area contributed by atoms with Crippen LogP contribution in [0.1, 0.15) is 30.3 Å². The standard InChI is InChI=1S/C27H27N3O2/c1-2-20-13-15-22(16-14-20)32-19-26-28-23-10-4-6-12-25(23)30(26)18-27(31)29-17-7-9-21-8-3-5-11-24(21)29/h3-6,8,10-16H,2,7,9,17-19H2,1H3. The Morgan fingerprint density at radius 3 is 2.62 bits per heavy atom. The van der Waals surface area contributed by atoms with Gasteiger partial charge in [-0.2, -0.15) is 0 Å². The molecule has 0 unspecified atom stereocenters. The highest BCUT2D eigenvalue weighted by Gasteiger charge is 2.24. The third kappa shape index (κ3) is 3.98. The molecule has 3 aromatic carbocycles. The zero-order valence-electron chi connectivity index (χ0n) is 18.3. The minimum absolute atomic E-state index is 0.0776. The van der Waals surface area contributed by atoms with Gasteiger partial charge in [0, 0.05) is 12.2 Å². The number of carbonyl (C=O) groups is 1. The van der Waals surface area contributed by atoms with Crippen molar-refractivity contribution in [2.75, 3.05) is 11.4 Å². The zero-order valence-corrected chi connectivity index (χ0v) is 18.3. The quantitative estimate of drug-likeness (QED) is 0.429. The minimum atomic E-state index is 0.0776. The lowest BCUT2D eigenvalue weighted by Crippen LogP contribution is -2.38. The molecule has 0 spiro atoms. The first kappa shape index (κ1) is 20.3. The molecule has 5 nitrogen and oxygen atoms in total. The number of ether oxygens (including phenoxy) is 1. The Morgan fingerprint density at radius 1 is 1.00 bits per heavy atom. The summed E-state index contributed by atoms with van der Waals surface area (Å²) in [5.41, 5.74) is 5.37. The fourth-order valence-corrected chi connectivity index (χ4v) is 4.39. The second-order valence-corrected chi connectivity index (χ2v) is 8.17. The van der Waals surface area contributed by atoms with Crippen LogP contribution >= 0.6 is 0 Å². The minimum Gasteiger partial charge on any atom is -0.486 e. The largest absolute Gasteiger partial charge is 0.486 e. The van der Waals surface area contributed by atoms with Crippen LogP contribution in [-0.4, -0.2) is 22.0 Å². The van der Waals surface area contributed by atoms with Gasteiger partial charge in [0.15, 0.2) is 0 Å². The van der Waals surface area contributed by atoms with Crippen molar-refractivity contribution in [3.05, 3.63) is 89.7 Å². The van der Waals surface area contributed by atoms with Gasteiger partial charge in [0.2, 0.25) is 5.91 Å². The fraction of sp³-hybridized carbons (Fsp3) is 0.259. The summed E-state index contributed by atoms with van der Waals surface area (Å²) in [6.45, 7) is 3.43. The van der Waals surface area contributed by atoms with E-state index in [4.69, 9.17) is 9.72 Å². The third-order valence-corrected chi connectivity index (χ3v) is 6.14. The van der Waals surface area contributed by atoms with Crippen molar-refractivity contribution >= 4 is 22.6 Å². The van der Waals surface area contributed by atoms with E-state index in [9.17, 15) is 4.79 Å². The van der Waals surface area contributed by atoms with E-state index in [-0.39, 0.29) is 12.5 Å². The number of rotatable bonds is 6. The maximum atomic E-state index is 13.4. The lowest BCUT2D eigenvalue weighted by atomic mass is 10.0. The van der Waals surface area contributed by atoms with Gasteiger partial charge in [0.05, 0.1) is 11.0 Å². The highest BCUT2D eigenvalue weighted by atomic mass is 16.5. The van der Waals surface area contributed by atoms with Crippen molar-refractivity contribution in [3.8, 4) is 5.75 Å². The number of benzene rings is 3. The van der Waals surface area contributed by atoms with Gasteiger partial charge in [0.25, 0.3) is 0 Å². The number of carbonyl (C=O) groups excluding carboxylic acids is 1. The summed E-state index contributed by atoms with van der Waals surface area (Å²) in [5.74, 6) is 1.63. The Morgan fingerprint density at radius 2 is 1.78 bits per heavy atom. The maximum absolute atomic E-state index is 13.4. The SMILES string of the molecule is CCc1ccc(OCc2nc3ccccc3n2CC(=O)N2CCCc3ccccc32)cc1. The van der Waals surface area contributed by atoms with Gasteiger partial charge < -0.3 is 14.2 Å². The molecule has 32 heavy (non-hydrogen) atoms. The second kappa shape index (κ2) is 8.87. The van der Waals surface area contributed by atoms with Crippen molar-refractivity contribution in [2.45, 2.75) is 39.3 Å². The predicted molar refractivity (Wildman–Crippen MR) is 127 cm³/mol. The highest BCUT2D eigenvalue weighted by molar-refractivity contribution is 5.95. The molecular formula is C27H27N3O2. The van der Waals surface area contributed by atoms with E-state index in [2.05, 4.69) is 25.1 Å². The van der Waals surface area contributed by atoms with Crippen molar-refractivity contribution in [1.29, 1.82) is 0 Å². The van der Waals surface area contributed by atoms with E-state index in [0.717, 1.165) is 54.1 Å². The molecule has 4 aromatic rings. The van der Waals surface area contributed by atoms with E-state index < -0.39 is 0 Å². The Kier molecular flexibility index (Phi) is 5.63. The van der Waals surface area contributed by atoms with E-state index >= 15 is 0 Å². The lowest BCUT2D eigenvalue weighted by molar-refractivity contribution is -0.119. The smallest absolute Gasteiger partial charge is 0.246 e. The van der Waals surface area contributed by atoms with E-state index in [1.54, 1.807) is 0 Å². The summed E-state index contributed by atoms with van der Waals surface area (Å²) in [6.07, 6.45) is 3.00. The summed E-state index contributed by atoms with van der Waals surface area (Å²) < 4.78 is 8.03. The molecule has 0 bridgehead atoms. The van der Waals surface area contributed by atoms with E-state index in [0.29, 0.717) is 6.61 Å². The second-order valence-electron chi connectivity index (χ2n) is 8.17. The van der Waals surface area contributed by atoms with Gasteiger partial charge in [-0.3, -0.25) is 4.79 Å². The molecule has 2 heterocycles. The van der Waals surface area contributed by atoms with Crippen LogP contribution in [0.15, 0.2) is 72.8 Å². The molecule has 1 aliphatic rings. The van der Waals surface area contributed by atoms with Crippen LogP contribution in [-0.2, 0) is 30.8 Å². The molecule has 0 fully saturated rings. The third-order valence-electron chi connectivity index (χ3n) is 6.14. The molecule has 0 atom stereocenters. The molecule has 162 valence electrons. The van der Waals surface area contributed by atoms with Gasteiger partial charge in [-0.15, -0.1) is 0 Å². The number of hydrogen-bond acceptors (Lipinski definition) is 3. The Labute approximate surface area is 188 Å². The molecule has 1 aromatic heterocycles. The molecule has 0 radical (unpaired) electrons. The maximum Gasteiger partial charge on any atom is 0.246 e. The van der Waals surface area contributed by atoms with Crippen LogP contribution in [0.25, 0.3) is 11.0 Å². The molecule has 1 amide bonds. The summed E-state index contributed by atoms with van der Waals surface area (Å²) in [5, 5.41) is 0. The summed E-state index contributed by atoms with van der Waals surface area (Å²) in [6, 6.07) is 24.3. The van der Waals surface area contributed by atoms with Crippen molar-refractivity contribution in [2.24, 2.45) is 0 Å². The first-order valence-electron chi connectivity index (χ1n) is 11.3. The number of amides is 1. The van der Waals surface area contributed by atoms with Crippen molar-refractivity contribution in [1.82, 2.24) is 9.55 Å². The number of nitrogens with zero attached hydrogens (tertiary/aromatic N) is 3. The normalized spacial score (nSPS) is 13.2. The average Bonchev–Trinajstić information content (AvgIpc) is 3.20. The van der Waals surface area contributed by atoms with Crippen LogP contribution in [0.4, 0.5) is 5.69 Å². The van der Waals surface area contributed by atoms with Crippen LogP contribution < -0.4 is 9.64 Å².